The Hall–Kier alpha value is -3.05. The SMILES string of the molecule is C[C@@H]1O[C@@H](OC[C@H]2O[C@@H](Oc3cc(O)cc(O)c3C(=O)CCc3ccc(O)cc3)[C@H](O)[C@@H](O)[C@@H]2O)[C@H](O)[C@H](O)[C@H]1O. The van der Waals surface area contributed by atoms with Crippen molar-refractivity contribution in [2.24, 2.45) is 0 Å². The van der Waals surface area contributed by atoms with Crippen LogP contribution in [0.5, 0.6) is 23.0 Å². The maximum atomic E-state index is 13.1. The third-order valence-corrected chi connectivity index (χ3v) is 7.07. The minimum Gasteiger partial charge on any atom is -0.508 e. The fourth-order valence-electron chi connectivity index (χ4n) is 4.62. The number of ether oxygens (including phenoxy) is 4. The number of aryl methyl sites for hydroxylation is 1. The lowest BCUT2D eigenvalue weighted by atomic mass is 9.98. The number of ketones is 1. The molecule has 9 N–H and O–H groups in total. The minimum absolute atomic E-state index is 0.0578. The van der Waals surface area contributed by atoms with Gasteiger partial charge in [-0.1, -0.05) is 12.1 Å². The van der Waals surface area contributed by atoms with Crippen LogP contribution in [-0.2, 0) is 20.6 Å². The van der Waals surface area contributed by atoms with Gasteiger partial charge in [0.05, 0.1) is 12.7 Å². The molecule has 2 saturated heterocycles. The van der Waals surface area contributed by atoms with Crippen molar-refractivity contribution in [3.63, 3.8) is 0 Å². The van der Waals surface area contributed by atoms with Gasteiger partial charge >= 0.3 is 0 Å². The molecule has 0 aliphatic carbocycles. The number of aromatic hydroxyl groups is 3. The van der Waals surface area contributed by atoms with Gasteiger partial charge in [0.25, 0.3) is 0 Å². The van der Waals surface area contributed by atoms with Gasteiger partial charge in [-0.2, -0.15) is 0 Å². The van der Waals surface area contributed by atoms with E-state index in [1.165, 1.54) is 19.1 Å². The van der Waals surface area contributed by atoms with Crippen molar-refractivity contribution < 1.29 is 69.7 Å². The molecule has 14 nitrogen and oxygen atoms in total. The monoisotopic (exact) mass is 582 g/mol. The van der Waals surface area contributed by atoms with Gasteiger partial charge in [0.1, 0.15) is 71.3 Å². The van der Waals surface area contributed by atoms with Crippen LogP contribution in [0.2, 0.25) is 0 Å². The number of Topliss-reactive ketones (excluding diaryl/α,β-unsaturated/α-hetero) is 1. The first-order valence-electron chi connectivity index (χ1n) is 12.9. The van der Waals surface area contributed by atoms with Gasteiger partial charge < -0.3 is 64.9 Å². The second-order valence-electron chi connectivity index (χ2n) is 10.1. The summed E-state index contributed by atoms with van der Waals surface area (Å²) in [4.78, 5) is 13.1. The van der Waals surface area contributed by atoms with Gasteiger partial charge in [0.2, 0.25) is 6.29 Å². The quantitative estimate of drug-likeness (QED) is 0.156. The molecule has 0 aromatic heterocycles. The Labute approximate surface area is 234 Å². The van der Waals surface area contributed by atoms with E-state index in [1.54, 1.807) is 12.1 Å². The summed E-state index contributed by atoms with van der Waals surface area (Å²) in [5, 5.41) is 91.3. The second-order valence-corrected chi connectivity index (χ2v) is 10.1. The van der Waals surface area contributed by atoms with Gasteiger partial charge in [-0.15, -0.1) is 0 Å². The van der Waals surface area contributed by atoms with Crippen LogP contribution in [0.1, 0.15) is 29.3 Å². The van der Waals surface area contributed by atoms with Gasteiger partial charge in [-0.3, -0.25) is 4.79 Å². The highest BCUT2D eigenvalue weighted by Gasteiger charge is 2.47. The average Bonchev–Trinajstić information content (AvgIpc) is 2.93. The van der Waals surface area contributed by atoms with Gasteiger partial charge in [-0.05, 0) is 31.0 Å². The highest BCUT2D eigenvalue weighted by atomic mass is 16.7. The van der Waals surface area contributed by atoms with E-state index >= 15 is 0 Å². The molecule has 0 radical (unpaired) electrons. The summed E-state index contributed by atoms with van der Waals surface area (Å²) < 4.78 is 22.0. The molecule has 14 heteroatoms. The van der Waals surface area contributed by atoms with Crippen molar-refractivity contribution >= 4 is 5.78 Å². The topological polar surface area (TPSA) is 236 Å². The number of aliphatic hydroxyl groups excluding tert-OH is 6. The molecule has 10 atom stereocenters. The summed E-state index contributed by atoms with van der Waals surface area (Å²) in [6.07, 6.45) is -15.3. The molecule has 0 bridgehead atoms. The van der Waals surface area contributed by atoms with E-state index in [4.69, 9.17) is 18.9 Å². The van der Waals surface area contributed by atoms with Crippen LogP contribution in [0, 0.1) is 0 Å². The maximum Gasteiger partial charge on any atom is 0.229 e. The van der Waals surface area contributed by atoms with E-state index in [9.17, 15) is 50.8 Å². The fraction of sp³-hybridized carbons (Fsp3) is 0.519. The Kier molecular flexibility index (Phi) is 9.69. The number of carbonyl (C=O) groups excluding carboxylic acids is 1. The zero-order valence-electron chi connectivity index (χ0n) is 21.9. The van der Waals surface area contributed by atoms with E-state index < -0.39 is 85.3 Å². The Morgan fingerprint density at radius 2 is 1.41 bits per heavy atom. The molecule has 2 aromatic rings. The Bertz CT molecular complexity index is 1190. The molecule has 2 heterocycles. The number of hydrogen-bond acceptors (Lipinski definition) is 14. The number of rotatable bonds is 9. The van der Waals surface area contributed by atoms with E-state index in [2.05, 4.69) is 0 Å². The van der Waals surface area contributed by atoms with Crippen molar-refractivity contribution in [1.29, 1.82) is 0 Å². The smallest absolute Gasteiger partial charge is 0.229 e. The van der Waals surface area contributed by atoms with Crippen molar-refractivity contribution in [2.75, 3.05) is 6.61 Å². The predicted molar refractivity (Wildman–Crippen MR) is 136 cm³/mol. The van der Waals surface area contributed by atoms with E-state index in [-0.39, 0.29) is 29.9 Å². The number of aliphatic hydroxyl groups is 6. The lowest BCUT2D eigenvalue weighted by Crippen LogP contribution is -2.61. The standard InChI is InChI=1S/C27H34O14/c1-11-20(32)22(34)24(36)26(39-11)38-10-18-21(33)23(35)25(37)27(41-18)40-17-9-14(29)8-16(31)19(17)15(30)7-4-12-2-5-13(28)6-3-12/h2-3,5-6,8-9,11,18,20-29,31-37H,4,7,10H2,1H3/t11-,18+,20-,21+,22+,23-,24+,25+,26+,27+/m0/s1. The molecular formula is C27H34O14. The lowest BCUT2D eigenvalue weighted by Gasteiger charge is -2.42. The zero-order valence-corrected chi connectivity index (χ0v) is 21.9. The van der Waals surface area contributed by atoms with Crippen LogP contribution < -0.4 is 4.74 Å². The molecule has 41 heavy (non-hydrogen) atoms. The molecule has 0 unspecified atom stereocenters. The van der Waals surface area contributed by atoms with Crippen LogP contribution >= 0.6 is 0 Å². The molecule has 4 rings (SSSR count). The molecule has 0 saturated carbocycles. The second kappa shape index (κ2) is 12.9. The van der Waals surface area contributed by atoms with Crippen molar-refractivity contribution in [2.45, 2.75) is 81.2 Å². The number of carbonyl (C=O) groups is 1. The van der Waals surface area contributed by atoms with E-state index in [0.29, 0.717) is 0 Å². The van der Waals surface area contributed by atoms with E-state index in [1.807, 2.05) is 0 Å². The van der Waals surface area contributed by atoms with Gasteiger partial charge in [0, 0.05) is 18.6 Å². The molecule has 226 valence electrons. The van der Waals surface area contributed by atoms with Gasteiger partial charge in [-0.25, -0.2) is 0 Å². The van der Waals surface area contributed by atoms with Crippen LogP contribution in [0.3, 0.4) is 0 Å². The first-order chi connectivity index (χ1) is 19.4. The number of benzene rings is 2. The summed E-state index contributed by atoms with van der Waals surface area (Å²) >= 11 is 0. The highest BCUT2D eigenvalue weighted by Crippen LogP contribution is 2.36. The molecular weight excluding hydrogens is 548 g/mol. The van der Waals surface area contributed by atoms with Crippen molar-refractivity contribution in [3.05, 3.63) is 47.5 Å². The number of phenolic OH excluding ortho intramolecular Hbond substituents is 3. The van der Waals surface area contributed by atoms with Crippen LogP contribution in [0.4, 0.5) is 0 Å². The highest BCUT2D eigenvalue weighted by molar-refractivity contribution is 6.01. The Balaban J connectivity index is 1.48. The third kappa shape index (κ3) is 6.89. The van der Waals surface area contributed by atoms with Crippen LogP contribution in [-0.4, -0.2) is 120 Å². The molecule has 2 aliphatic heterocycles. The Morgan fingerprint density at radius 3 is 2.10 bits per heavy atom. The maximum absolute atomic E-state index is 13.1. The normalized spacial score (nSPS) is 33.8. The molecule has 0 amide bonds. The zero-order chi connectivity index (χ0) is 30.0. The first-order valence-corrected chi connectivity index (χ1v) is 12.9. The molecule has 2 aromatic carbocycles. The molecule has 0 spiro atoms. The first kappa shape index (κ1) is 30.9. The van der Waals surface area contributed by atoms with Crippen LogP contribution in [0.25, 0.3) is 0 Å². The van der Waals surface area contributed by atoms with E-state index in [0.717, 1.165) is 17.7 Å². The number of phenols is 3. The Morgan fingerprint density at radius 1 is 0.780 bits per heavy atom. The van der Waals surface area contributed by atoms with Crippen molar-refractivity contribution in [3.8, 4) is 23.0 Å². The summed E-state index contributed by atoms with van der Waals surface area (Å²) in [6.45, 7) is 0.909. The molecule has 2 fully saturated rings. The van der Waals surface area contributed by atoms with Gasteiger partial charge in [0.15, 0.2) is 12.1 Å². The third-order valence-electron chi connectivity index (χ3n) is 7.07. The summed E-state index contributed by atoms with van der Waals surface area (Å²) in [5.41, 5.74) is 0.400. The van der Waals surface area contributed by atoms with Crippen molar-refractivity contribution in [1.82, 2.24) is 0 Å². The summed E-state index contributed by atoms with van der Waals surface area (Å²) in [5.74, 6) is -1.99. The molecule has 2 aliphatic rings. The fourth-order valence-corrected chi connectivity index (χ4v) is 4.62. The predicted octanol–water partition coefficient (Wildman–Crippen LogP) is -1.35. The summed E-state index contributed by atoms with van der Waals surface area (Å²) in [7, 11) is 0. The summed E-state index contributed by atoms with van der Waals surface area (Å²) in [6, 6.07) is 8.10. The van der Waals surface area contributed by atoms with Crippen LogP contribution in [0.15, 0.2) is 36.4 Å². The largest absolute Gasteiger partial charge is 0.508 e. The number of hydrogen-bond donors (Lipinski definition) is 9. The lowest BCUT2D eigenvalue weighted by molar-refractivity contribution is -0.318. The average molecular weight is 583 g/mol. The minimum atomic E-state index is -1.85.